The number of nitrogens with zero attached hydrogens (tertiary/aromatic N) is 1. The standard InChI is InChI=1S/C20H19Cl4NO3/c21-17-12-16(26-11-8-19(23)24)13-18(22)20(17)27-10-5-4-9-25-28-14-15-6-2-1-3-7-15/h1-3,6-9,12-13H,4-5,10-11,14H2/b25-9+. The van der Waals surface area contributed by atoms with E-state index in [1.54, 1.807) is 18.3 Å². The van der Waals surface area contributed by atoms with E-state index in [0.29, 0.717) is 41.2 Å². The molecule has 0 heterocycles. The minimum absolute atomic E-state index is 0.131. The lowest BCUT2D eigenvalue weighted by Crippen LogP contribution is -2.00. The maximum atomic E-state index is 6.21. The van der Waals surface area contributed by atoms with Crippen LogP contribution in [-0.2, 0) is 11.4 Å². The maximum absolute atomic E-state index is 6.21. The van der Waals surface area contributed by atoms with Gasteiger partial charge in [0.2, 0.25) is 0 Å². The molecule has 0 N–H and O–H groups in total. The summed E-state index contributed by atoms with van der Waals surface area (Å²) in [6, 6.07) is 13.1. The lowest BCUT2D eigenvalue weighted by atomic mass is 10.2. The van der Waals surface area contributed by atoms with Crippen molar-refractivity contribution >= 4 is 52.6 Å². The van der Waals surface area contributed by atoms with Gasteiger partial charge < -0.3 is 14.3 Å². The quantitative estimate of drug-likeness (QED) is 0.204. The summed E-state index contributed by atoms with van der Waals surface area (Å²) in [4.78, 5) is 5.23. The van der Waals surface area contributed by atoms with E-state index in [-0.39, 0.29) is 11.1 Å². The number of ether oxygens (including phenoxy) is 2. The molecule has 0 aliphatic heterocycles. The van der Waals surface area contributed by atoms with Crippen molar-refractivity contribution < 1.29 is 14.3 Å². The Morgan fingerprint density at radius 1 is 1.00 bits per heavy atom. The molecule has 0 atom stereocenters. The number of benzene rings is 2. The first-order valence-corrected chi connectivity index (χ1v) is 10.0. The molecule has 0 fully saturated rings. The molecule has 2 aromatic carbocycles. The lowest BCUT2D eigenvalue weighted by Gasteiger charge is -2.11. The Bertz CT molecular complexity index is 770. The highest BCUT2D eigenvalue weighted by Crippen LogP contribution is 2.37. The normalized spacial score (nSPS) is 10.7. The van der Waals surface area contributed by atoms with E-state index in [1.165, 1.54) is 6.08 Å². The Morgan fingerprint density at radius 3 is 2.39 bits per heavy atom. The number of unbranched alkanes of at least 4 members (excludes halogenated alkanes) is 1. The average molecular weight is 463 g/mol. The summed E-state index contributed by atoms with van der Waals surface area (Å²) in [5.74, 6) is 0.912. The van der Waals surface area contributed by atoms with Crippen LogP contribution in [0.25, 0.3) is 0 Å². The van der Waals surface area contributed by atoms with Crippen LogP contribution in [0.5, 0.6) is 11.5 Å². The molecule has 0 amide bonds. The number of halogens is 4. The molecular formula is C20H19Cl4NO3. The Balaban J connectivity index is 1.69. The van der Waals surface area contributed by atoms with Crippen LogP contribution >= 0.6 is 46.4 Å². The predicted octanol–water partition coefficient (Wildman–Crippen LogP) is 7.05. The Kier molecular flexibility index (Phi) is 10.4. The Labute approximate surface area is 184 Å². The van der Waals surface area contributed by atoms with Crippen LogP contribution in [0.4, 0.5) is 0 Å². The lowest BCUT2D eigenvalue weighted by molar-refractivity contribution is 0.131. The first-order chi connectivity index (χ1) is 13.6. The maximum Gasteiger partial charge on any atom is 0.156 e. The smallest absolute Gasteiger partial charge is 0.156 e. The van der Waals surface area contributed by atoms with Crippen LogP contribution in [0.1, 0.15) is 18.4 Å². The number of oxime groups is 1. The highest BCUT2D eigenvalue weighted by atomic mass is 35.5. The second-order valence-corrected chi connectivity index (χ2v) is 7.38. The molecule has 0 spiro atoms. The third-order valence-corrected chi connectivity index (χ3v) is 4.28. The van der Waals surface area contributed by atoms with Crippen molar-refractivity contribution in [3.63, 3.8) is 0 Å². The topological polar surface area (TPSA) is 40.0 Å². The summed E-state index contributed by atoms with van der Waals surface area (Å²) >= 11 is 23.5. The van der Waals surface area contributed by atoms with Crippen LogP contribution in [0.15, 0.2) is 58.2 Å². The van der Waals surface area contributed by atoms with Crippen LogP contribution < -0.4 is 9.47 Å². The number of hydrogen-bond donors (Lipinski definition) is 0. The summed E-state index contributed by atoms with van der Waals surface area (Å²) in [5.41, 5.74) is 1.07. The highest BCUT2D eigenvalue weighted by Gasteiger charge is 2.10. The van der Waals surface area contributed by atoms with Crippen LogP contribution in [0.2, 0.25) is 10.0 Å². The molecule has 0 unspecified atom stereocenters. The molecule has 28 heavy (non-hydrogen) atoms. The minimum Gasteiger partial charge on any atom is -0.490 e. The third-order valence-electron chi connectivity index (χ3n) is 3.41. The summed E-state index contributed by atoms with van der Waals surface area (Å²) in [7, 11) is 0. The molecule has 0 radical (unpaired) electrons. The minimum atomic E-state index is 0.131. The van der Waals surface area contributed by atoms with Gasteiger partial charge in [0.25, 0.3) is 0 Å². The van der Waals surface area contributed by atoms with Gasteiger partial charge in [-0.25, -0.2) is 0 Å². The third kappa shape index (κ3) is 8.61. The SMILES string of the molecule is ClC(Cl)=CCOc1cc(Cl)c(OCCC/C=N/OCc2ccccc2)c(Cl)c1. The van der Waals surface area contributed by atoms with E-state index in [9.17, 15) is 0 Å². The van der Waals surface area contributed by atoms with Gasteiger partial charge >= 0.3 is 0 Å². The molecule has 8 heteroatoms. The Morgan fingerprint density at radius 2 is 1.71 bits per heavy atom. The van der Waals surface area contributed by atoms with Crippen molar-refractivity contribution in [1.82, 2.24) is 0 Å². The monoisotopic (exact) mass is 461 g/mol. The summed E-state index contributed by atoms with van der Waals surface area (Å²) < 4.78 is 11.2. The van der Waals surface area contributed by atoms with Crippen molar-refractivity contribution in [2.45, 2.75) is 19.4 Å². The van der Waals surface area contributed by atoms with Gasteiger partial charge in [-0.2, -0.15) is 0 Å². The van der Waals surface area contributed by atoms with Gasteiger partial charge in [0, 0.05) is 18.3 Å². The van der Waals surface area contributed by atoms with Crippen LogP contribution in [0.3, 0.4) is 0 Å². The largest absolute Gasteiger partial charge is 0.490 e. The zero-order valence-corrected chi connectivity index (χ0v) is 17.9. The van der Waals surface area contributed by atoms with Gasteiger partial charge in [0.1, 0.15) is 23.5 Å². The molecule has 150 valence electrons. The van der Waals surface area contributed by atoms with E-state index >= 15 is 0 Å². The number of hydrogen-bond acceptors (Lipinski definition) is 4. The summed E-state index contributed by atoms with van der Waals surface area (Å²) in [5, 5.41) is 4.65. The first kappa shape index (κ1) is 22.7. The van der Waals surface area contributed by atoms with Crippen LogP contribution in [0, 0.1) is 0 Å². The number of rotatable bonds is 11. The van der Waals surface area contributed by atoms with Gasteiger partial charge in [0.05, 0.1) is 16.7 Å². The molecule has 0 bridgehead atoms. The van der Waals surface area contributed by atoms with E-state index in [2.05, 4.69) is 5.16 Å². The molecule has 4 nitrogen and oxygen atoms in total. The van der Waals surface area contributed by atoms with Gasteiger partial charge in [-0.15, -0.1) is 0 Å². The van der Waals surface area contributed by atoms with E-state index in [1.807, 2.05) is 30.3 Å². The molecule has 2 rings (SSSR count). The fourth-order valence-corrected chi connectivity index (χ4v) is 2.80. The molecule has 0 aromatic heterocycles. The fraction of sp³-hybridized carbons (Fsp3) is 0.250. The zero-order chi connectivity index (χ0) is 20.2. The van der Waals surface area contributed by atoms with E-state index < -0.39 is 0 Å². The molecule has 0 saturated heterocycles. The Hall–Kier alpha value is -1.59. The highest BCUT2D eigenvalue weighted by molar-refractivity contribution is 6.55. The molecule has 0 saturated carbocycles. The van der Waals surface area contributed by atoms with Crippen molar-refractivity contribution in [3.05, 3.63) is 68.6 Å². The van der Waals surface area contributed by atoms with Crippen molar-refractivity contribution in [1.29, 1.82) is 0 Å². The average Bonchev–Trinajstić information content (AvgIpc) is 2.66. The van der Waals surface area contributed by atoms with Crippen molar-refractivity contribution in [2.75, 3.05) is 13.2 Å². The second kappa shape index (κ2) is 12.8. The first-order valence-electron chi connectivity index (χ1n) is 8.50. The van der Waals surface area contributed by atoms with Gasteiger partial charge in [-0.1, -0.05) is 81.9 Å². The van der Waals surface area contributed by atoms with E-state index in [0.717, 1.165) is 12.0 Å². The van der Waals surface area contributed by atoms with Gasteiger partial charge in [0.15, 0.2) is 5.75 Å². The molecular weight excluding hydrogens is 444 g/mol. The van der Waals surface area contributed by atoms with Gasteiger partial charge in [-0.05, 0) is 24.5 Å². The zero-order valence-electron chi connectivity index (χ0n) is 14.9. The molecule has 0 aliphatic rings. The summed E-state index contributed by atoms with van der Waals surface area (Å²) in [6.07, 6.45) is 4.67. The van der Waals surface area contributed by atoms with Crippen molar-refractivity contribution in [2.24, 2.45) is 5.16 Å². The van der Waals surface area contributed by atoms with Crippen molar-refractivity contribution in [3.8, 4) is 11.5 Å². The van der Waals surface area contributed by atoms with Gasteiger partial charge in [-0.3, -0.25) is 0 Å². The fourth-order valence-electron chi connectivity index (χ4n) is 2.10. The second-order valence-electron chi connectivity index (χ2n) is 5.56. The predicted molar refractivity (Wildman–Crippen MR) is 116 cm³/mol. The molecule has 2 aromatic rings. The summed E-state index contributed by atoms with van der Waals surface area (Å²) in [6.45, 7) is 1.09. The van der Waals surface area contributed by atoms with Crippen LogP contribution in [-0.4, -0.2) is 19.4 Å². The van der Waals surface area contributed by atoms with E-state index in [4.69, 9.17) is 60.7 Å². The molecule has 0 aliphatic carbocycles.